The zero-order valence-corrected chi connectivity index (χ0v) is 10.9. The summed E-state index contributed by atoms with van der Waals surface area (Å²) in [5.74, 6) is 0.00192. The summed E-state index contributed by atoms with van der Waals surface area (Å²) in [6, 6.07) is 5.98. The van der Waals surface area contributed by atoms with Crippen LogP contribution < -0.4 is 16.0 Å². The minimum absolute atomic E-state index is 0.00192. The molecule has 0 aromatic heterocycles. The summed E-state index contributed by atoms with van der Waals surface area (Å²) in [5, 5.41) is 9.67. The predicted octanol–water partition coefficient (Wildman–Crippen LogP) is 1.43. The van der Waals surface area contributed by atoms with Gasteiger partial charge in [0.2, 0.25) is 0 Å². The Bertz CT molecular complexity index is 470. The smallest absolute Gasteiger partial charge is 0.251 e. The molecule has 0 atom stereocenters. The van der Waals surface area contributed by atoms with Gasteiger partial charge in [-0.2, -0.15) is 0 Å². The Kier molecular flexibility index (Phi) is 3.55. The van der Waals surface area contributed by atoms with Crippen molar-refractivity contribution in [3.05, 3.63) is 23.8 Å². The van der Waals surface area contributed by atoms with Crippen LogP contribution in [0.5, 0.6) is 0 Å². The molecule has 0 aliphatic carbocycles. The summed E-state index contributed by atoms with van der Waals surface area (Å²) >= 11 is 0. The molecule has 2 aliphatic rings. The number of carbonyl (C=O) groups is 1. The molecule has 3 rings (SSSR count). The van der Waals surface area contributed by atoms with Gasteiger partial charge >= 0.3 is 0 Å². The highest BCUT2D eigenvalue weighted by molar-refractivity contribution is 5.96. The molecule has 3 N–H and O–H groups in total. The molecule has 5 nitrogen and oxygen atoms in total. The maximum atomic E-state index is 12.2. The fraction of sp³-hybridized carbons (Fsp3) is 0.500. The van der Waals surface area contributed by atoms with Crippen molar-refractivity contribution in [3.8, 4) is 0 Å². The van der Waals surface area contributed by atoms with Gasteiger partial charge in [-0.15, -0.1) is 0 Å². The molecule has 1 fully saturated rings. The van der Waals surface area contributed by atoms with Crippen LogP contribution >= 0.6 is 0 Å². The molecule has 1 aromatic rings. The van der Waals surface area contributed by atoms with Crippen LogP contribution in [0.3, 0.4) is 0 Å². The van der Waals surface area contributed by atoms with Crippen molar-refractivity contribution in [1.82, 2.24) is 5.32 Å². The third-order valence-corrected chi connectivity index (χ3v) is 3.59. The number of hydrogen-bond acceptors (Lipinski definition) is 4. The number of hydrogen-bond donors (Lipinski definition) is 3. The van der Waals surface area contributed by atoms with Gasteiger partial charge in [-0.05, 0) is 31.0 Å². The van der Waals surface area contributed by atoms with E-state index in [1.165, 1.54) is 0 Å². The van der Waals surface area contributed by atoms with Crippen molar-refractivity contribution < 1.29 is 9.53 Å². The highest BCUT2D eigenvalue weighted by Gasteiger charge is 2.18. The molecule has 0 bridgehead atoms. The van der Waals surface area contributed by atoms with Crippen LogP contribution in [0.4, 0.5) is 11.4 Å². The second kappa shape index (κ2) is 5.48. The minimum Gasteiger partial charge on any atom is -0.382 e. The quantitative estimate of drug-likeness (QED) is 0.753. The number of carbonyl (C=O) groups excluding carboxylic acids is 1. The molecule has 102 valence electrons. The van der Waals surface area contributed by atoms with Crippen LogP contribution in [-0.2, 0) is 4.74 Å². The monoisotopic (exact) mass is 261 g/mol. The van der Waals surface area contributed by atoms with E-state index in [1.807, 2.05) is 18.2 Å². The normalized spacial score (nSPS) is 18.9. The first kappa shape index (κ1) is 12.3. The molecule has 1 amide bonds. The summed E-state index contributed by atoms with van der Waals surface area (Å²) in [5.41, 5.74) is 2.78. The van der Waals surface area contributed by atoms with Gasteiger partial charge < -0.3 is 20.7 Å². The lowest BCUT2D eigenvalue weighted by Gasteiger charge is -2.24. The lowest BCUT2D eigenvalue weighted by molar-refractivity contribution is 0.0696. The number of rotatable bonds is 2. The molecular weight excluding hydrogens is 242 g/mol. The molecule has 0 unspecified atom stereocenters. The second-order valence-electron chi connectivity index (χ2n) is 4.97. The molecule has 1 saturated heterocycles. The molecule has 0 radical (unpaired) electrons. The Labute approximate surface area is 112 Å². The standard InChI is InChI=1S/C14H19N3O2/c18-14(17-11-3-7-19-8-4-11)10-1-2-12-13(9-10)16-6-5-15-12/h1-2,9,11,15-16H,3-8H2,(H,17,18). The third-order valence-electron chi connectivity index (χ3n) is 3.59. The average Bonchev–Trinajstić information content (AvgIpc) is 2.48. The molecule has 5 heteroatoms. The van der Waals surface area contributed by atoms with Crippen LogP contribution in [-0.4, -0.2) is 38.3 Å². The first-order chi connectivity index (χ1) is 9.33. The van der Waals surface area contributed by atoms with Crippen LogP contribution in [0.15, 0.2) is 18.2 Å². The number of amides is 1. The van der Waals surface area contributed by atoms with Gasteiger partial charge in [0.05, 0.1) is 11.4 Å². The zero-order valence-electron chi connectivity index (χ0n) is 10.9. The topological polar surface area (TPSA) is 62.4 Å². The van der Waals surface area contributed by atoms with E-state index in [4.69, 9.17) is 4.74 Å². The third kappa shape index (κ3) is 2.81. The largest absolute Gasteiger partial charge is 0.382 e. The van der Waals surface area contributed by atoms with Crippen molar-refractivity contribution in [1.29, 1.82) is 0 Å². The number of nitrogens with one attached hydrogen (secondary N) is 3. The molecular formula is C14H19N3O2. The van der Waals surface area contributed by atoms with E-state index in [2.05, 4.69) is 16.0 Å². The second-order valence-corrected chi connectivity index (χ2v) is 4.97. The average molecular weight is 261 g/mol. The fourth-order valence-electron chi connectivity index (χ4n) is 2.49. The Balaban J connectivity index is 1.69. The number of fused-ring (bicyclic) bond motifs is 1. The number of benzene rings is 1. The summed E-state index contributed by atoms with van der Waals surface area (Å²) in [6.07, 6.45) is 1.80. The summed E-state index contributed by atoms with van der Waals surface area (Å²) in [6.45, 7) is 3.28. The van der Waals surface area contributed by atoms with Crippen LogP contribution in [0, 0.1) is 0 Å². The van der Waals surface area contributed by atoms with Gasteiger partial charge in [0, 0.05) is 37.9 Å². The molecule has 2 aliphatic heterocycles. The highest BCUT2D eigenvalue weighted by atomic mass is 16.5. The maximum Gasteiger partial charge on any atom is 0.251 e. The summed E-state index contributed by atoms with van der Waals surface area (Å²) < 4.78 is 5.29. The Morgan fingerprint density at radius 2 is 1.89 bits per heavy atom. The van der Waals surface area contributed by atoms with Gasteiger partial charge in [-0.3, -0.25) is 4.79 Å². The van der Waals surface area contributed by atoms with E-state index in [0.717, 1.165) is 50.5 Å². The van der Waals surface area contributed by atoms with Crippen LogP contribution in [0.2, 0.25) is 0 Å². The molecule has 19 heavy (non-hydrogen) atoms. The van der Waals surface area contributed by atoms with Crippen molar-refractivity contribution in [2.45, 2.75) is 18.9 Å². The van der Waals surface area contributed by atoms with Crippen LogP contribution in [0.1, 0.15) is 23.2 Å². The predicted molar refractivity (Wildman–Crippen MR) is 74.7 cm³/mol. The summed E-state index contributed by atoms with van der Waals surface area (Å²) in [4.78, 5) is 12.2. The fourth-order valence-corrected chi connectivity index (χ4v) is 2.49. The van der Waals surface area contributed by atoms with Crippen molar-refractivity contribution in [3.63, 3.8) is 0 Å². The zero-order chi connectivity index (χ0) is 13.1. The van der Waals surface area contributed by atoms with Crippen molar-refractivity contribution in [2.75, 3.05) is 36.9 Å². The lowest BCUT2D eigenvalue weighted by atomic mass is 10.1. The molecule has 0 spiro atoms. The molecule has 0 saturated carbocycles. The van der Waals surface area contributed by atoms with E-state index < -0.39 is 0 Å². The van der Waals surface area contributed by atoms with E-state index in [0.29, 0.717) is 5.56 Å². The Morgan fingerprint density at radius 3 is 2.68 bits per heavy atom. The Morgan fingerprint density at radius 1 is 1.16 bits per heavy atom. The number of anilines is 2. The van der Waals surface area contributed by atoms with Gasteiger partial charge in [-0.25, -0.2) is 0 Å². The maximum absolute atomic E-state index is 12.2. The van der Waals surface area contributed by atoms with E-state index >= 15 is 0 Å². The minimum atomic E-state index is 0.00192. The first-order valence-corrected chi connectivity index (χ1v) is 6.83. The van der Waals surface area contributed by atoms with Gasteiger partial charge in [0.25, 0.3) is 5.91 Å². The van der Waals surface area contributed by atoms with E-state index in [9.17, 15) is 4.79 Å². The van der Waals surface area contributed by atoms with E-state index in [-0.39, 0.29) is 11.9 Å². The number of ether oxygens (including phenoxy) is 1. The van der Waals surface area contributed by atoms with Gasteiger partial charge in [0.1, 0.15) is 0 Å². The van der Waals surface area contributed by atoms with Crippen LogP contribution in [0.25, 0.3) is 0 Å². The van der Waals surface area contributed by atoms with Gasteiger partial charge in [-0.1, -0.05) is 0 Å². The Hall–Kier alpha value is -1.75. The summed E-state index contributed by atoms with van der Waals surface area (Å²) in [7, 11) is 0. The van der Waals surface area contributed by atoms with Gasteiger partial charge in [0.15, 0.2) is 0 Å². The SMILES string of the molecule is O=C(NC1CCOCC1)c1ccc2c(c1)NCCN2. The van der Waals surface area contributed by atoms with Crippen molar-refractivity contribution >= 4 is 17.3 Å². The van der Waals surface area contributed by atoms with E-state index in [1.54, 1.807) is 0 Å². The first-order valence-electron chi connectivity index (χ1n) is 6.83. The lowest BCUT2D eigenvalue weighted by Crippen LogP contribution is -2.38. The van der Waals surface area contributed by atoms with Crippen molar-refractivity contribution in [2.24, 2.45) is 0 Å². The molecule has 2 heterocycles. The highest BCUT2D eigenvalue weighted by Crippen LogP contribution is 2.25. The molecule has 1 aromatic carbocycles.